The molecule has 4 heteroatoms. The number of amides is 1. The monoisotopic (exact) mass is 233 g/mol. The number of hydrogen-bond donors (Lipinski definition) is 1. The molecule has 1 saturated heterocycles. The second-order valence-corrected chi connectivity index (χ2v) is 5.17. The van der Waals surface area contributed by atoms with E-state index in [9.17, 15) is 4.79 Å². The summed E-state index contributed by atoms with van der Waals surface area (Å²) in [6.45, 7) is 6.15. The zero-order valence-electron chi connectivity index (χ0n) is 9.51. The van der Waals surface area contributed by atoms with Crippen LogP contribution in [-0.4, -0.2) is 31.5 Å². The largest absolute Gasteiger partial charge is 0.381 e. The number of carbonyl (C=O) groups excluding carboxylic acids is 1. The fourth-order valence-electron chi connectivity index (χ4n) is 1.48. The van der Waals surface area contributed by atoms with Gasteiger partial charge in [0.2, 0.25) is 5.91 Å². The zero-order valence-corrected chi connectivity index (χ0v) is 10.3. The lowest BCUT2D eigenvalue weighted by molar-refractivity contribution is -0.128. The topological polar surface area (TPSA) is 38.3 Å². The minimum absolute atomic E-state index is 0.0254. The summed E-state index contributed by atoms with van der Waals surface area (Å²) in [5.41, 5.74) is -0.0254. The van der Waals surface area contributed by atoms with Crippen molar-refractivity contribution < 1.29 is 9.53 Å². The maximum Gasteiger partial charge on any atom is 0.223 e. The minimum atomic E-state index is -0.0254. The fraction of sp³-hybridized carbons (Fsp3) is 0.909. The highest BCUT2D eigenvalue weighted by atomic mass is 35.5. The average molecular weight is 234 g/mol. The van der Waals surface area contributed by atoms with E-state index in [1.54, 1.807) is 0 Å². The Hall–Kier alpha value is -0.280. The van der Waals surface area contributed by atoms with E-state index in [1.807, 2.05) is 13.8 Å². The van der Waals surface area contributed by atoms with Gasteiger partial charge in [-0.2, -0.15) is 0 Å². The van der Waals surface area contributed by atoms with Gasteiger partial charge in [0.15, 0.2) is 0 Å². The fourth-order valence-corrected chi connectivity index (χ4v) is 1.57. The van der Waals surface area contributed by atoms with Crippen molar-refractivity contribution in [3.63, 3.8) is 0 Å². The van der Waals surface area contributed by atoms with Crippen molar-refractivity contribution >= 4 is 17.5 Å². The van der Waals surface area contributed by atoms with Gasteiger partial charge in [0.25, 0.3) is 0 Å². The van der Waals surface area contributed by atoms with Gasteiger partial charge in [-0.05, 0) is 18.3 Å². The molecule has 0 bridgehead atoms. The van der Waals surface area contributed by atoms with Crippen LogP contribution in [0.4, 0.5) is 0 Å². The highest BCUT2D eigenvalue weighted by molar-refractivity contribution is 6.18. The Labute approximate surface area is 96.5 Å². The Balaban J connectivity index is 2.28. The summed E-state index contributed by atoms with van der Waals surface area (Å²) < 4.78 is 5.22. The molecule has 1 heterocycles. The average Bonchev–Trinajstić information content (AvgIpc) is 2.27. The molecule has 0 saturated carbocycles. The summed E-state index contributed by atoms with van der Waals surface area (Å²) in [5, 5.41) is 2.96. The summed E-state index contributed by atoms with van der Waals surface area (Å²) in [5.74, 6) is 0.836. The summed E-state index contributed by atoms with van der Waals surface area (Å²) in [4.78, 5) is 11.8. The van der Waals surface area contributed by atoms with E-state index in [1.165, 1.54) is 0 Å². The van der Waals surface area contributed by atoms with E-state index in [4.69, 9.17) is 16.3 Å². The number of nitrogens with one attached hydrogen (secondary N) is 1. The Morgan fingerprint density at radius 1 is 1.47 bits per heavy atom. The van der Waals surface area contributed by atoms with Crippen molar-refractivity contribution in [1.82, 2.24) is 5.32 Å². The molecule has 0 unspecified atom stereocenters. The van der Waals surface area contributed by atoms with Crippen LogP contribution in [0.2, 0.25) is 0 Å². The second kappa shape index (κ2) is 5.71. The van der Waals surface area contributed by atoms with Gasteiger partial charge in [0.05, 0.1) is 0 Å². The van der Waals surface area contributed by atoms with Crippen molar-refractivity contribution in [3.8, 4) is 0 Å². The number of halogens is 1. The third-order valence-electron chi connectivity index (χ3n) is 2.70. The molecule has 1 amide bonds. The maximum absolute atomic E-state index is 11.8. The molecule has 1 fully saturated rings. The molecule has 0 spiro atoms. The first-order chi connectivity index (χ1) is 7.05. The van der Waals surface area contributed by atoms with Crippen LogP contribution in [-0.2, 0) is 9.53 Å². The summed E-state index contributed by atoms with van der Waals surface area (Å²) in [7, 11) is 0. The Morgan fingerprint density at radius 3 is 2.60 bits per heavy atom. The zero-order chi connectivity index (χ0) is 11.3. The van der Waals surface area contributed by atoms with E-state index >= 15 is 0 Å². The smallest absolute Gasteiger partial charge is 0.223 e. The van der Waals surface area contributed by atoms with E-state index in [0.717, 1.165) is 12.8 Å². The molecule has 0 aromatic rings. The third-order valence-corrected chi connectivity index (χ3v) is 3.42. The molecule has 88 valence electrons. The standard InChI is InChI=1S/C11H20ClNO2/c1-11(2,7-12)8-13-10(14)9-3-5-15-6-4-9/h9H,3-8H2,1-2H3,(H,13,14). The molecule has 1 aliphatic rings. The number of alkyl halides is 1. The first kappa shape index (κ1) is 12.8. The number of carbonyl (C=O) groups is 1. The molecule has 1 N–H and O–H groups in total. The van der Waals surface area contributed by atoms with Gasteiger partial charge < -0.3 is 10.1 Å². The highest BCUT2D eigenvalue weighted by Crippen LogP contribution is 2.17. The van der Waals surface area contributed by atoms with Gasteiger partial charge in [-0.15, -0.1) is 11.6 Å². The van der Waals surface area contributed by atoms with E-state index in [2.05, 4.69) is 5.32 Å². The van der Waals surface area contributed by atoms with Crippen LogP contribution in [0.5, 0.6) is 0 Å². The van der Waals surface area contributed by atoms with Crippen LogP contribution in [0.3, 0.4) is 0 Å². The van der Waals surface area contributed by atoms with Crippen LogP contribution in [0.25, 0.3) is 0 Å². The van der Waals surface area contributed by atoms with Crippen molar-refractivity contribution in [2.75, 3.05) is 25.6 Å². The predicted octanol–water partition coefficient (Wildman–Crippen LogP) is 1.79. The van der Waals surface area contributed by atoms with Crippen LogP contribution in [0, 0.1) is 11.3 Å². The number of rotatable bonds is 4. The molecule has 3 nitrogen and oxygen atoms in total. The summed E-state index contributed by atoms with van der Waals surface area (Å²) in [6, 6.07) is 0. The third kappa shape index (κ3) is 4.39. The SMILES string of the molecule is CC(C)(CCl)CNC(=O)C1CCOCC1. The predicted molar refractivity (Wildman–Crippen MR) is 61.1 cm³/mol. The van der Waals surface area contributed by atoms with Gasteiger partial charge in [0, 0.05) is 31.6 Å². The summed E-state index contributed by atoms with van der Waals surface area (Å²) in [6.07, 6.45) is 1.68. The van der Waals surface area contributed by atoms with Gasteiger partial charge in [-0.1, -0.05) is 13.8 Å². The first-order valence-electron chi connectivity index (χ1n) is 5.46. The second-order valence-electron chi connectivity index (χ2n) is 4.90. The van der Waals surface area contributed by atoms with Crippen LogP contribution in [0.1, 0.15) is 26.7 Å². The molecule has 1 aliphatic heterocycles. The lowest BCUT2D eigenvalue weighted by Gasteiger charge is -2.25. The van der Waals surface area contributed by atoms with E-state index < -0.39 is 0 Å². The molecular weight excluding hydrogens is 214 g/mol. The van der Waals surface area contributed by atoms with Crippen molar-refractivity contribution in [1.29, 1.82) is 0 Å². The number of hydrogen-bond acceptors (Lipinski definition) is 2. The molecule has 0 aromatic carbocycles. The normalized spacial score (nSPS) is 18.9. The lowest BCUT2D eigenvalue weighted by Crippen LogP contribution is -2.40. The quantitative estimate of drug-likeness (QED) is 0.752. The Bertz CT molecular complexity index is 213. The lowest BCUT2D eigenvalue weighted by atomic mass is 9.95. The molecule has 0 atom stereocenters. The Morgan fingerprint density at radius 2 is 2.07 bits per heavy atom. The molecule has 0 aromatic heterocycles. The Kier molecular flexibility index (Phi) is 4.87. The van der Waals surface area contributed by atoms with Crippen LogP contribution >= 0.6 is 11.6 Å². The first-order valence-corrected chi connectivity index (χ1v) is 6.00. The maximum atomic E-state index is 11.8. The highest BCUT2D eigenvalue weighted by Gasteiger charge is 2.23. The van der Waals surface area contributed by atoms with Gasteiger partial charge >= 0.3 is 0 Å². The molecule has 0 radical (unpaired) electrons. The van der Waals surface area contributed by atoms with Gasteiger partial charge in [-0.3, -0.25) is 4.79 Å². The van der Waals surface area contributed by atoms with Crippen molar-refractivity contribution in [3.05, 3.63) is 0 Å². The van der Waals surface area contributed by atoms with Crippen LogP contribution < -0.4 is 5.32 Å². The van der Waals surface area contributed by atoms with Crippen molar-refractivity contribution in [2.45, 2.75) is 26.7 Å². The van der Waals surface area contributed by atoms with Gasteiger partial charge in [0.1, 0.15) is 0 Å². The molecule has 1 rings (SSSR count). The van der Waals surface area contributed by atoms with Crippen molar-refractivity contribution in [2.24, 2.45) is 11.3 Å². The number of ether oxygens (including phenoxy) is 1. The van der Waals surface area contributed by atoms with Crippen LogP contribution in [0.15, 0.2) is 0 Å². The minimum Gasteiger partial charge on any atom is -0.381 e. The molecule has 0 aliphatic carbocycles. The molecular formula is C11H20ClNO2. The molecule has 15 heavy (non-hydrogen) atoms. The van der Waals surface area contributed by atoms with E-state index in [-0.39, 0.29) is 17.2 Å². The van der Waals surface area contributed by atoms with E-state index in [0.29, 0.717) is 25.6 Å². The van der Waals surface area contributed by atoms with Gasteiger partial charge in [-0.25, -0.2) is 0 Å². The summed E-state index contributed by atoms with van der Waals surface area (Å²) >= 11 is 5.79.